The monoisotopic (exact) mass is 288 g/mol. The zero-order valence-corrected chi connectivity index (χ0v) is 11.7. The molecule has 0 N–H and O–H groups in total. The highest BCUT2D eigenvalue weighted by Crippen LogP contribution is 2.25. The number of hydrogen-bond donors (Lipinski definition) is 0. The molecule has 0 aromatic heterocycles. The third-order valence-corrected chi connectivity index (χ3v) is 4.29. The lowest BCUT2D eigenvalue weighted by molar-refractivity contribution is 0.383. The molecular formula is C13H18BrCl. The third kappa shape index (κ3) is 3.81. The first-order valence-corrected chi connectivity index (χ1v) is 6.98. The second-order valence-electron chi connectivity index (χ2n) is 4.10. The molecule has 84 valence electrons. The van der Waals surface area contributed by atoms with Crippen LogP contribution in [-0.2, 0) is 6.42 Å². The maximum absolute atomic E-state index is 6.16. The second-order valence-corrected chi connectivity index (χ2v) is 5.15. The minimum absolute atomic E-state index is 0.676. The molecule has 0 fully saturated rings. The Morgan fingerprint density at radius 1 is 1.33 bits per heavy atom. The molecule has 2 heteroatoms. The van der Waals surface area contributed by atoms with Crippen LogP contribution in [-0.4, -0.2) is 5.33 Å². The summed E-state index contributed by atoms with van der Waals surface area (Å²) in [5.41, 5.74) is 1.27. The van der Waals surface area contributed by atoms with Gasteiger partial charge in [-0.25, -0.2) is 0 Å². The van der Waals surface area contributed by atoms with Crippen molar-refractivity contribution >= 4 is 27.5 Å². The van der Waals surface area contributed by atoms with Crippen LogP contribution in [0.1, 0.15) is 25.8 Å². The SMILES string of the molecule is CCC(C)C(CBr)Cc1ccccc1Cl. The molecule has 2 atom stereocenters. The second kappa shape index (κ2) is 6.55. The smallest absolute Gasteiger partial charge is 0.0438 e. The molecule has 0 saturated carbocycles. The predicted molar refractivity (Wildman–Crippen MR) is 71.9 cm³/mol. The van der Waals surface area contributed by atoms with E-state index in [1.807, 2.05) is 12.1 Å². The van der Waals surface area contributed by atoms with Crippen LogP contribution in [0.2, 0.25) is 5.02 Å². The van der Waals surface area contributed by atoms with Crippen molar-refractivity contribution in [2.45, 2.75) is 26.7 Å². The molecule has 0 amide bonds. The topological polar surface area (TPSA) is 0 Å². The van der Waals surface area contributed by atoms with Gasteiger partial charge in [-0.3, -0.25) is 0 Å². The van der Waals surface area contributed by atoms with Gasteiger partial charge >= 0.3 is 0 Å². The molecule has 0 saturated heterocycles. The quantitative estimate of drug-likeness (QED) is 0.674. The average molecular weight is 290 g/mol. The van der Waals surface area contributed by atoms with Crippen LogP contribution in [0.25, 0.3) is 0 Å². The van der Waals surface area contributed by atoms with Crippen molar-refractivity contribution in [1.82, 2.24) is 0 Å². The van der Waals surface area contributed by atoms with Crippen LogP contribution in [0, 0.1) is 11.8 Å². The summed E-state index contributed by atoms with van der Waals surface area (Å²) in [5.74, 6) is 1.41. The fraction of sp³-hybridized carbons (Fsp3) is 0.538. The molecule has 2 unspecified atom stereocenters. The molecule has 1 aromatic carbocycles. The van der Waals surface area contributed by atoms with Gasteiger partial charge in [0.25, 0.3) is 0 Å². The van der Waals surface area contributed by atoms with Crippen LogP contribution in [0.5, 0.6) is 0 Å². The summed E-state index contributed by atoms with van der Waals surface area (Å²) in [6.45, 7) is 4.55. The van der Waals surface area contributed by atoms with Crippen molar-refractivity contribution in [3.63, 3.8) is 0 Å². The zero-order valence-electron chi connectivity index (χ0n) is 9.34. The van der Waals surface area contributed by atoms with Gasteiger partial charge in [-0.1, -0.05) is 66.0 Å². The molecule has 1 aromatic rings. The molecule has 0 heterocycles. The molecule has 0 spiro atoms. The van der Waals surface area contributed by atoms with E-state index in [9.17, 15) is 0 Å². The van der Waals surface area contributed by atoms with E-state index >= 15 is 0 Å². The molecule has 0 aliphatic rings. The maximum atomic E-state index is 6.16. The lowest BCUT2D eigenvalue weighted by Crippen LogP contribution is -2.15. The Kier molecular flexibility index (Phi) is 5.70. The molecule has 0 aliphatic carbocycles. The lowest BCUT2D eigenvalue weighted by Gasteiger charge is -2.21. The molecule has 0 aliphatic heterocycles. The number of rotatable bonds is 5. The summed E-state index contributed by atoms with van der Waals surface area (Å²) in [6, 6.07) is 8.14. The van der Waals surface area contributed by atoms with Crippen LogP contribution >= 0.6 is 27.5 Å². The Labute approximate surface area is 106 Å². The Morgan fingerprint density at radius 3 is 2.53 bits per heavy atom. The fourth-order valence-corrected chi connectivity index (χ4v) is 2.77. The lowest BCUT2D eigenvalue weighted by atomic mass is 9.88. The summed E-state index contributed by atoms with van der Waals surface area (Å²) in [5, 5.41) is 1.94. The van der Waals surface area contributed by atoms with E-state index in [1.54, 1.807) is 0 Å². The van der Waals surface area contributed by atoms with Gasteiger partial charge in [0.15, 0.2) is 0 Å². The zero-order chi connectivity index (χ0) is 11.3. The minimum Gasteiger partial charge on any atom is -0.0925 e. The first-order chi connectivity index (χ1) is 7.19. The maximum Gasteiger partial charge on any atom is 0.0438 e. The van der Waals surface area contributed by atoms with Crippen LogP contribution in [0.15, 0.2) is 24.3 Å². The largest absolute Gasteiger partial charge is 0.0925 e. The van der Waals surface area contributed by atoms with Gasteiger partial charge in [0.2, 0.25) is 0 Å². The number of benzene rings is 1. The number of hydrogen-bond acceptors (Lipinski definition) is 0. The van der Waals surface area contributed by atoms with Gasteiger partial charge in [-0.05, 0) is 29.9 Å². The van der Waals surface area contributed by atoms with Crippen molar-refractivity contribution in [3.05, 3.63) is 34.9 Å². The van der Waals surface area contributed by atoms with Crippen LogP contribution < -0.4 is 0 Å². The number of halogens is 2. The van der Waals surface area contributed by atoms with Gasteiger partial charge in [-0.15, -0.1) is 0 Å². The molecule has 0 bridgehead atoms. The van der Waals surface area contributed by atoms with Crippen LogP contribution in [0.4, 0.5) is 0 Å². The van der Waals surface area contributed by atoms with Crippen molar-refractivity contribution < 1.29 is 0 Å². The van der Waals surface area contributed by atoms with Crippen molar-refractivity contribution in [2.24, 2.45) is 11.8 Å². The first kappa shape index (κ1) is 13.1. The summed E-state index contributed by atoms with van der Waals surface area (Å²) in [6.07, 6.45) is 2.29. The first-order valence-electron chi connectivity index (χ1n) is 5.48. The summed E-state index contributed by atoms with van der Waals surface area (Å²) >= 11 is 9.75. The van der Waals surface area contributed by atoms with Gasteiger partial charge < -0.3 is 0 Å². The van der Waals surface area contributed by atoms with Crippen molar-refractivity contribution in [3.8, 4) is 0 Å². The number of alkyl halides is 1. The normalized spacial score (nSPS) is 14.9. The third-order valence-electron chi connectivity index (χ3n) is 3.09. The highest BCUT2D eigenvalue weighted by atomic mass is 79.9. The Bertz CT molecular complexity index is 298. The van der Waals surface area contributed by atoms with E-state index in [0.29, 0.717) is 5.92 Å². The predicted octanol–water partition coefficient (Wildman–Crippen LogP) is 4.94. The van der Waals surface area contributed by atoms with E-state index in [0.717, 1.165) is 22.7 Å². The molecular weight excluding hydrogens is 271 g/mol. The van der Waals surface area contributed by atoms with Gasteiger partial charge in [-0.2, -0.15) is 0 Å². The van der Waals surface area contributed by atoms with E-state index in [-0.39, 0.29) is 0 Å². The highest BCUT2D eigenvalue weighted by molar-refractivity contribution is 9.09. The summed E-state index contributed by atoms with van der Waals surface area (Å²) < 4.78 is 0. The Hall–Kier alpha value is -0.0100. The molecule has 15 heavy (non-hydrogen) atoms. The van der Waals surface area contributed by atoms with Gasteiger partial charge in [0.1, 0.15) is 0 Å². The minimum atomic E-state index is 0.676. The van der Waals surface area contributed by atoms with E-state index in [1.165, 1.54) is 12.0 Å². The summed E-state index contributed by atoms with van der Waals surface area (Å²) in [7, 11) is 0. The van der Waals surface area contributed by atoms with Gasteiger partial charge in [0, 0.05) is 10.4 Å². The standard InChI is InChI=1S/C13H18BrCl/c1-3-10(2)12(9-14)8-11-6-4-5-7-13(11)15/h4-7,10,12H,3,8-9H2,1-2H3. The summed E-state index contributed by atoms with van der Waals surface area (Å²) in [4.78, 5) is 0. The van der Waals surface area contributed by atoms with E-state index in [4.69, 9.17) is 11.6 Å². The fourth-order valence-electron chi connectivity index (χ4n) is 1.69. The molecule has 0 nitrogen and oxygen atoms in total. The van der Waals surface area contributed by atoms with Crippen molar-refractivity contribution in [1.29, 1.82) is 0 Å². The molecule has 0 radical (unpaired) electrons. The highest BCUT2D eigenvalue weighted by Gasteiger charge is 2.16. The van der Waals surface area contributed by atoms with E-state index < -0.39 is 0 Å². The molecule has 1 rings (SSSR count). The van der Waals surface area contributed by atoms with Gasteiger partial charge in [0.05, 0.1) is 0 Å². The Balaban J connectivity index is 2.71. The average Bonchev–Trinajstić information content (AvgIpc) is 2.27. The van der Waals surface area contributed by atoms with E-state index in [2.05, 4.69) is 41.9 Å². The van der Waals surface area contributed by atoms with Crippen LogP contribution in [0.3, 0.4) is 0 Å². The van der Waals surface area contributed by atoms with Crippen molar-refractivity contribution in [2.75, 3.05) is 5.33 Å². The Morgan fingerprint density at radius 2 is 2.00 bits per heavy atom.